The first-order valence-electron chi connectivity index (χ1n) is 5.00. The first-order chi connectivity index (χ1) is 6.94. The van der Waals surface area contributed by atoms with E-state index in [1.165, 1.54) is 0 Å². The van der Waals surface area contributed by atoms with E-state index in [2.05, 4.69) is 13.8 Å². The van der Waals surface area contributed by atoms with Crippen molar-refractivity contribution in [3.63, 3.8) is 0 Å². The number of halogens is 2. The fourth-order valence-corrected chi connectivity index (χ4v) is 2.88. The van der Waals surface area contributed by atoms with Gasteiger partial charge in [-0.05, 0) is 23.5 Å². The summed E-state index contributed by atoms with van der Waals surface area (Å²) in [5, 5.41) is 10.7. The third kappa shape index (κ3) is 1.49. The number of hydrogen-bond acceptors (Lipinski definition) is 1. The van der Waals surface area contributed by atoms with Crippen LogP contribution in [-0.4, -0.2) is 11.7 Å². The molecule has 0 bridgehead atoms. The predicted octanol–water partition coefficient (Wildman–Crippen LogP) is 3.65. The van der Waals surface area contributed by atoms with Crippen molar-refractivity contribution in [1.82, 2.24) is 0 Å². The first kappa shape index (κ1) is 11.3. The van der Waals surface area contributed by atoms with E-state index < -0.39 is 0 Å². The lowest BCUT2D eigenvalue weighted by molar-refractivity contribution is 0.231. The monoisotopic (exact) mass is 244 g/mol. The predicted molar refractivity (Wildman–Crippen MR) is 63.6 cm³/mol. The Morgan fingerprint density at radius 3 is 2.40 bits per heavy atom. The maximum absolute atomic E-state index is 9.56. The molecule has 0 saturated heterocycles. The van der Waals surface area contributed by atoms with Gasteiger partial charge in [-0.3, -0.25) is 0 Å². The zero-order valence-corrected chi connectivity index (χ0v) is 10.4. The molecule has 0 aliphatic heterocycles. The maximum atomic E-state index is 9.56. The van der Waals surface area contributed by atoms with E-state index >= 15 is 0 Å². The molecule has 1 unspecified atom stereocenters. The van der Waals surface area contributed by atoms with Crippen molar-refractivity contribution in [3.8, 4) is 0 Å². The second-order valence-corrected chi connectivity index (χ2v) is 5.69. The Labute approximate surface area is 100 Å². The SMILES string of the molecule is CC1(C)CC1(CO)c1cccc(Cl)c1Cl. The molecule has 0 radical (unpaired) electrons. The second-order valence-electron chi connectivity index (χ2n) is 4.90. The van der Waals surface area contributed by atoms with Crippen LogP contribution in [0.5, 0.6) is 0 Å². The molecule has 0 amide bonds. The van der Waals surface area contributed by atoms with Crippen molar-refractivity contribution in [1.29, 1.82) is 0 Å². The molecule has 82 valence electrons. The van der Waals surface area contributed by atoms with Crippen molar-refractivity contribution >= 4 is 23.2 Å². The quantitative estimate of drug-likeness (QED) is 0.843. The van der Waals surface area contributed by atoms with Gasteiger partial charge in [0.2, 0.25) is 0 Å². The largest absolute Gasteiger partial charge is 0.395 e. The lowest BCUT2D eigenvalue weighted by atomic mass is 9.89. The Balaban J connectivity index is 2.51. The molecule has 1 aromatic rings. The summed E-state index contributed by atoms with van der Waals surface area (Å²) < 4.78 is 0. The topological polar surface area (TPSA) is 20.2 Å². The summed E-state index contributed by atoms with van der Waals surface area (Å²) in [6.07, 6.45) is 0.955. The second kappa shape index (κ2) is 3.38. The zero-order valence-electron chi connectivity index (χ0n) is 8.85. The highest BCUT2D eigenvalue weighted by atomic mass is 35.5. The van der Waals surface area contributed by atoms with Crippen molar-refractivity contribution in [3.05, 3.63) is 33.8 Å². The molecule has 2 rings (SSSR count). The van der Waals surface area contributed by atoms with Crippen molar-refractivity contribution in [2.24, 2.45) is 5.41 Å². The minimum absolute atomic E-state index is 0.107. The van der Waals surface area contributed by atoms with E-state index in [0.717, 1.165) is 12.0 Å². The summed E-state index contributed by atoms with van der Waals surface area (Å²) >= 11 is 12.2. The minimum Gasteiger partial charge on any atom is -0.395 e. The van der Waals surface area contributed by atoms with Crippen LogP contribution < -0.4 is 0 Å². The van der Waals surface area contributed by atoms with Gasteiger partial charge in [0.25, 0.3) is 0 Å². The van der Waals surface area contributed by atoms with Gasteiger partial charge in [0.1, 0.15) is 0 Å². The maximum Gasteiger partial charge on any atom is 0.0631 e. The molecule has 1 saturated carbocycles. The van der Waals surface area contributed by atoms with Gasteiger partial charge in [-0.2, -0.15) is 0 Å². The summed E-state index contributed by atoms with van der Waals surface area (Å²) in [6, 6.07) is 5.61. The Morgan fingerprint density at radius 1 is 1.33 bits per heavy atom. The van der Waals surface area contributed by atoms with Crippen LogP contribution in [0.4, 0.5) is 0 Å². The Kier molecular flexibility index (Phi) is 2.53. The van der Waals surface area contributed by atoms with E-state index in [0.29, 0.717) is 10.0 Å². The molecule has 0 spiro atoms. The van der Waals surface area contributed by atoms with Crippen LogP contribution in [0.15, 0.2) is 18.2 Å². The van der Waals surface area contributed by atoms with Gasteiger partial charge >= 0.3 is 0 Å². The molecule has 1 nitrogen and oxygen atoms in total. The van der Waals surface area contributed by atoms with Crippen LogP contribution in [0.25, 0.3) is 0 Å². The third-order valence-electron chi connectivity index (χ3n) is 3.65. The molecular weight excluding hydrogens is 231 g/mol. The number of aliphatic hydroxyl groups is 1. The average Bonchev–Trinajstić information content (AvgIpc) is 2.74. The average molecular weight is 245 g/mol. The Bertz CT molecular complexity index is 401. The van der Waals surface area contributed by atoms with Crippen molar-refractivity contribution in [2.45, 2.75) is 25.7 Å². The molecule has 3 heteroatoms. The lowest BCUT2D eigenvalue weighted by Gasteiger charge is -2.20. The first-order valence-corrected chi connectivity index (χ1v) is 5.75. The van der Waals surface area contributed by atoms with Gasteiger partial charge in [-0.15, -0.1) is 0 Å². The molecule has 0 aromatic heterocycles. The van der Waals surface area contributed by atoms with Gasteiger partial charge < -0.3 is 5.11 Å². The number of aliphatic hydroxyl groups excluding tert-OH is 1. The standard InChI is InChI=1S/C12H14Cl2O/c1-11(2)6-12(11,7-15)8-4-3-5-9(13)10(8)14/h3-5,15H,6-7H2,1-2H3. The van der Waals surface area contributed by atoms with E-state index in [4.69, 9.17) is 23.2 Å². The van der Waals surface area contributed by atoms with Crippen molar-refractivity contribution < 1.29 is 5.11 Å². The number of benzene rings is 1. The van der Waals surface area contributed by atoms with Crippen LogP contribution >= 0.6 is 23.2 Å². The minimum atomic E-state index is -0.199. The van der Waals surface area contributed by atoms with E-state index in [1.807, 2.05) is 12.1 Å². The van der Waals surface area contributed by atoms with E-state index in [9.17, 15) is 5.11 Å². The van der Waals surface area contributed by atoms with Gasteiger partial charge in [-0.1, -0.05) is 49.2 Å². The van der Waals surface area contributed by atoms with Gasteiger partial charge in [0.15, 0.2) is 0 Å². The summed E-state index contributed by atoms with van der Waals surface area (Å²) in [4.78, 5) is 0. The van der Waals surface area contributed by atoms with Crippen LogP contribution in [0, 0.1) is 5.41 Å². The van der Waals surface area contributed by atoms with Crippen LogP contribution in [-0.2, 0) is 5.41 Å². The molecule has 1 aliphatic carbocycles. The smallest absolute Gasteiger partial charge is 0.0631 e. The van der Waals surface area contributed by atoms with Gasteiger partial charge in [0.05, 0.1) is 16.7 Å². The van der Waals surface area contributed by atoms with E-state index in [1.54, 1.807) is 6.07 Å². The van der Waals surface area contributed by atoms with Crippen LogP contribution in [0.3, 0.4) is 0 Å². The van der Waals surface area contributed by atoms with Crippen molar-refractivity contribution in [2.75, 3.05) is 6.61 Å². The summed E-state index contributed by atoms with van der Waals surface area (Å²) in [5.74, 6) is 0. The summed E-state index contributed by atoms with van der Waals surface area (Å²) in [7, 11) is 0. The highest BCUT2D eigenvalue weighted by Gasteiger charge is 2.62. The fourth-order valence-electron chi connectivity index (χ4n) is 2.40. The number of hydrogen-bond donors (Lipinski definition) is 1. The number of rotatable bonds is 2. The van der Waals surface area contributed by atoms with Gasteiger partial charge in [-0.25, -0.2) is 0 Å². The van der Waals surface area contributed by atoms with Crippen LogP contribution in [0.2, 0.25) is 10.0 Å². The Morgan fingerprint density at radius 2 is 1.93 bits per heavy atom. The fraction of sp³-hybridized carbons (Fsp3) is 0.500. The molecule has 1 fully saturated rings. The molecular formula is C12H14Cl2O. The molecule has 1 N–H and O–H groups in total. The molecule has 1 aromatic carbocycles. The lowest BCUT2D eigenvalue weighted by Crippen LogP contribution is -2.19. The normalized spacial score (nSPS) is 27.8. The molecule has 0 heterocycles. The zero-order chi connectivity index (χ0) is 11.3. The van der Waals surface area contributed by atoms with E-state index in [-0.39, 0.29) is 17.4 Å². The third-order valence-corrected chi connectivity index (χ3v) is 4.47. The summed E-state index contributed by atoms with van der Waals surface area (Å²) in [6.45, 7) is 4.40. The Hall–Kier alpha value is -0.240. The van der Waals surface area contributed by atoms with Gasteiger partial charge in [0, 0.05) is 5.41 Å². The highest BCUT2D eigenvalue weighted by Crippen LogP contribution is 2.65. The molecule has 1 aliphatic rings. The molecule has 1 atom stereocenters. The highest BCUT2D eigenvalue weighted by molar-refractivity contribution is 6.42. The van der Waals surface area contributed by atoms with Crippen LogP contribution in [0.1, 0.15) is 25.8 Å². The summed E-state index contributed by atoms with van der Waals surface area (Å²) in [5.41, 5.74) is 0.884. The molecule has 15 heavy (non-hydrogen) atoms.